The molecule has 3 fully saturated rings. The molecular formula is C22H30N4O2S. The van der Waals surface area contributed by atoms with Crippen molar-refractivity contribution in [3.8, 4) is 0 Å². The first-order valence-electron chi connectivity index (χ1n) is 11.0. The van der Waals surface area contributed by atoms with Crippen LogP contribution in [-0.4, -0.2) is 70.9 Å². The van der Waals surface area contributed by atoms with Gasteiger partial charge in [0.1, 0.15) is 11.5 Å². The number of fused-ring (bicyclic) bond motifs is 4. The minimum Gasteiger partial charge on any atom is -0.481 e. The van der Waals surface area contributed by atoms with E-state index in [9.17, 15) is 4.79 Å². The number of aliphatic imine (C=N–C) groups is 2. The van der Waals surface area contributed by atoms with E-state index in [0.29, 0.717) is 35.5 Å². The van der Waals surface area contributed by atoms with Crippen LogP contribution in [0.3, 0.4) is 0 Å². The van der Waals surface area contributed by atoms with E-state index in [-0.39, 0.29) is 11.5 Å². The third-order valence-electron chi connectivity index (χ3n) is 7.17. The predicted octanol–water partition coefficient (Wildman–Crippen LogP) is 2.58. The molecule has 0 aromatic rings. The number of thioether (sulfide) groups is 1. The van der Waals surface area contributed by atoms with Crippen molar-refractivity contribution in [2.45, 2.75) is 54.9 Å². The van der Waals surface area contributed by atoms with Gasteiger partial charge in [-0.15, -0.1) is 11.8 Å². The molecule has 3 heterocycles. The van der Waals surface area contributed by atoms with Gasteiger partial charge in [0, 0.05) is 49.8 Å². The van der Waals surface area contributed by atoms with Crippen molar-refractivity contribution in [3.63, 3.8) is 0 Å². The third-order valence-corrected chi connectivity index (χ3v) is 8.59. The molecule has 2 saturated heterocycles. The largest absolute Gasteiger partial charge is 0.481 e. The summed E-state index contributed by atoms with van der Waals surface area (Å²) in [7, 11) is 0. The van der Waals surface area contributed by atoms with Gasteiger partial charge < -0.3 is 5.11 Å². The molecule has 156 valence electrons. The average molecular weight is 415 g/mol. The highest BCUT2D eigenvalue weighted by Gasteiger charge is 2.40. The second-order valence-electron chi connectivity index (χ2n) is 9.07. The Bertz CT molecular complexity index is 750. The molecule has 5 rings (SSSR count). The van der Waals surface area contributed by atoms with E-state index >= 15 is 0 Å². The quantitative estimate of drug-likeness (QED) is 0.723. The van der Waals surface area contributed by atoms with Gasteiger partial charge in [-0.2, -0.15) is 0 Å². The molecule has 2 bridgehead atoms. The lowest BCUT2D eigenvalue weighted by Crippen LogP contribution is -2.53. The van der Waals surface area contributed by atoms with E-state index < -0.39 is 5.97 Å². The monoisotopic (exact) mass is 414 g/mol. The molecular weight excluding hydrogens is 384 g/mol. The summed E-state index contributed by atoms with van der Waals surface area (Å²) in [5.41, 5.74) is 1.39. The Kier molecular flexibility index (Phi) is 5.63. The maximum atomic E-state index is 11.0. The summed E-state index contributed by atoms with van der Waals surface area (Å²) in [6, 6.07) is 0.319. The number of nitrogens with zero attached hydrogens (tertiary/aromatic N) is 3. The van der Waals surface area contributed by atoms with Crippen LogP contribution in [0.25, 0.3) is 0 Å². The molecule has 5 aliphatic rings. The zero-order chi connectivity index (χ0) is 19.8. The fourth-order valence-corrected chi connectivity index (χ4v) is 7.15. The first-order valence-corrected chi connectivity index (χ1v) is 11.9. The van der Waals surface area contributed by atoms with Gasteiger partial charge in [0.05, 0.1) is 0 Å². The van der Waals surface area contributed by atoms with Crippen LogP contribution in [0.15, 0.2) is 33.8 Å². The van der Waals surface area contributed by atoms with Crippen molar-refractivity contribution in [3.05, 3.63) is 23.8 Å². The molecule has 29 heavy (non-hydrogen) atoms. The number of carbonyl (C=O) groups is 1. The number of nitrogens with one attached hydrogen (secondary N) is 1. The summed E-state index contributed by atoms with van der Waals surface area (Å²) in [5.74, 6) is 1.29. The number of carboxylic acids is 1. The van der Waals surface area contributed by atoms with Crippen molar-refractivity contribution >= 4 is 30.2 Å². The molecule has 0 aromatic carbocycles. The Morgan fingerprint density at radius 1 is 1.24 bits per heavy atom. The van der Waals surface area contributed by atoms with Gasteiger partial charge in [0.25, 0.3) is 0 Å². The molecule has 2 aliphatic carbocycles. The smallest absolute Gasteiger partial charge is 0.303 e. The minimum absolute atomic E-state index is 0.0830. The molecule has 0 aromatic heterocycles. The topological polar surface area (TPSA) is 77.3 Å². The van der Waals surface area contributed by atoms with Crippen molar-refractivity contribution in [2.24, 2.45) is 27.7 Å². The van der Waals surface area contributed by atoms with E-state index in [1.54, 1.807) is 12.4 Å². The number of hydrogen-bond donors (Lipinski definition) is 2. The van der Waals surface area contributed by atoms with Crippen LogP contribution in [0, 0.1) is 17.8 Å². The molecule has 6 nitrogen and oxygen atoms in total. The molecule has 2 N–H and O–H groups in total. The SMILES string of the molecule is O=C(O)CCC1C2CCCC1CN(CC1=CC3NC4N=CC=NC4SC3C=C1)C2. The van der Waals surface area contributed by atoms with Crippen LogP contribution in [0.2, 0.25) is 0 Å². The normalized spacial score (nSPS) is 40.8. The Morgan fingerprint density at radius 2 is 2.03 bits per heavy atom. The summed E-state index contributed by atoms with van der Waals surface area (Å²) in [6.45, 7) is 3.23. The number of carboxylic acid groups (broad SMARTS) is 1. The van der Waals surface area contributed by atoms with Gasteiger partial charge in [0.15, 0.2) is 0 Å². The molecule has 7 heteroatoms. The van der Waals surface area contributed by atoms with Crippen LogP contribution in [0.5, 0.6) is 0 Å². The van der Waals surface area contributed by atoms with Gasteiger partial charge in [0.2, 0.25) is 0 Å². The lowest BCUT2D eigenvalue weighted by Gasteiger charge is -2.48. The van der Waals surface area contributed by atoms with Crippen molar-refractivity contribution < 1.29 is 9.90 Å². The van der Waals surface area contributed by atoms with Gasteiger partial charge >= 0.3 is 5.97 Å². The summed E-state index contributed by atoms with van der Waals surface area (Å²) in [5, 5.41) is 13.4. The van der Waals surface area contributed by atoms with Crippen molar-refractivity contribution in [1.82, 2.24) is 10.2 Å². The second kappa shape index (κ2) is 8.36. The second-order valence-corrected chi connectivity index (χ2v) is 10.4. The molecule has 0 spiro atoms. The zero-order valence-electron chi connectivity index (χ0n) is 16.7. The summed E-state index contributed by atoms with van der Waals surface area (Å²) >= 11 is 1.90. The minimum atomic E-state index is -0.648. The maximum absolute atomic E-state index is 11.0. The van der Waals surface area contributed by atoms with Crippen molar-refractivity contribution in [1.29, 1.82) is 0 Å². The van der Waals surface area contributed by atoms with E-state index in [0.717, 1.165) is 26.1 Å². The molecule has 0 radical (unpaired) electrons. The summed E-state index contributed by atoms with van der Waals surface area (Å²) < 4.78 is 0. The summed E-state index contributed by atoms with van der Waals surface area (Å²) in [4.78, 5) is 22.8. The standard InChI is InChI=1S/C22H30N4O2S/c27-20(28)7-5-17-15-2-1-3-16(17)13-26(12-15)11-14-4-6-19-18(10-14)25-21-22(29-19)24-9-8-23-21/h4,6,8-10,15-19,21-22,25H,1-3,5,7,11-13H2,(H,27,28). The number of likely N-dealkylation sites (tertiary alicyclic amines) is 1. The predicted molar refractivity (Wildman–Crippen MR) is 118 cm³/mol. The fraction of sp³-hybridized carbons (Fsp3) is 0.682. The van der Waals surface area contributed by atoms with Crippen LogP contribution in [0.4, 0.5) is 0 Å². The third kappa shape index (κ3) is 4.23. The molecule has 0 amide bonds. The Morgan fingerprint density at radius 3 is 2.83 bits per heavy atom. The van der Waals surface area contributed by atoms with Crippen LogP contribution in [0.1, 0.15) is 32.1 Å². The lowest BCUT2D eigenvalue weighted by atomic mass is 9.67. The lowest BCUT2D eigenvalue weighted by molar-refractivity contribution is -0.137. The number of aliphatic carboxylic acids is 1. The Hall–Kier alpha value is -1.44. The molecule has 6 unspecified atom stereocenters. The summed E-state index contributed by atoms with van der Waals surface area (Å²) in [6.07, 6.45) is 15.7. The van der Waals surface area contributed by atoms with Gasteiger partial charge in [-0.05, 0) is 42.6 Å². The maximum Gasteiger partial charge on any atom is 0.303 e. The van der Waals surface area contributed by atoms with Gasteiger partial charge in [-0.25, -0.2) is 0 Å². The van der Waals surface area contributed by atoms with Crippen molar-refractivity contribution in [2.75, 3.05) is 19.6 Å². The van der Waals surface area contributed by atoms with Gasteiger partial charge in [-0.3, -0.25) is 25.0 Å². The number of hydrogen-bond acceptors (Lipinski definition) is 6. The highest BCUT2D eigenvalue weighted by atomic mass is 32.2. The van der Waals surface area contributed by atoms with E-state index in [4.69, 9.17) is 5.11 Å². The zero-order valence-corrected chi connectivity index (χ0v) is 17.5. The molecule has 1 saturated carbocycles. The van der Waals surface area contributed by atoms with Crippen LogP contribution in [-0.2, 0) is 4.79 Å². The van der Waals surface area contributed by atoms with Gasteiger partial charge in [-0.1, -0.05) is 24.6 Å². The van der Waals surface area contributed by atoms with E-state index in [1.165, 1.54) is 24.8 Å². The molecule has 6 atom stereocenters. The Balaban J connectivity index is 1.21. The number of rotatable bonds is 5. The first-order chi connectivity index (χ1) is 14.2. The average Bonchev–Trinajstić information content (AvgIpc) is 2.70. The highest BCUT2D eigenvalue weighted by Crippen LogP contribution is 2.42. The van der Waals surface area contributed by atoms with E-state index in [2.05, 4.69) is 38.4 Å². The fourth-order valence-electron chi connectivity index (χ4n) is 5.90. The first kappa shape index (κ1) is 19.5. The Labute approximate surface area is 176 Å². The van der Waals surface area contributed by atoms with E-state index in [1.807, 2.05) is 11.8 Å². The highest BCUT2D eigenvalue weighted by molar-refractivity contribution is 8.00. The molecule has 3 aliphatic heterocycles. The number of piperidine rings is 1. The van der Waals surface area contributed by atoms with Crippen LogP contribution < -0.4 is 5.32 Å². The van der Waals surface area contributed by atoms with Crippen LogP contribution >= 0.6 is 11.8 Å².